The lowest BCUT2D eigenvalue weighted by Crippen LogP contribution is -2.48. The molecular weight excluding hydrogens is 400 g/mol. The Morgan fingerprint density at radius 1 is 1.29 bits per heavy atom. The lowest BCUT2D eigenvalue weighted by Gasteiger charge is -2.34. The van der Waals surface area contributed by atoms with Crippen LogP contribution < -0.4 is 5.32 Å². The average molecular weight is 425 g/mol. The van der Waals surface area contributed by atoms with E-state index >= 15 is 0 Å². The second-order valence-electron chi connectivity index (χ2n) is 6.74. The molecule has 0 amide bonds. The summed E-state index contributed by atoms with van der Waals surface area (Å²) in [6.45, 7) is 6.29. The zero-order valence-corrected chi connectivity index (χ0v) is 17.7. The van der Waals surface area contributed by atoms with Crippen LogP contribution in [0.1, 0.15) is 36.1 Å². The van der Waals surface area contributed by atoms with E-state index in [4.69, 9.17) is 4.74 Å². The highest BCUT2D eigenvalue weighted by Gasteiger charge is 2.32. The van der Waals surface area contributed by atoms with Crippen molar-refractivity contribution in [3.8, 4) is 0 Å². The summed E-state index contributed by atoms with van der Waals surface area (Å²) in [5.41, 5.74) is 0.336. The quantitative estimate of drug-likeness (QED) is 0.680. The van der Waals surface area contributed by atoms with Gasteiger partial charge in [-0.2, -0.15) is 4.31 Å². The van der Waals surface area contributed by atoms with Gasteiger partial charge in [0.15, 0.2) is 5.78 Å². The van der Waals surface area contributed by atoms with Crippen molar-refractivity contribution in [3.05, 3.63) is 34.8 Å². The number of sulfonamides is 1. The molecule has 0 bridgehead atoms. The summed E-state index contributed by atoms with van der Waals surface area (Å²) in [6, 6.07) is 6.16. The maximum Gasteiger partial charge on any atom is 0.243 e. The number of carbonyl (C=O) groups is 1. The molecule has 2 aromatic rings. The van der Waals surface area contributed by atoms with Gasteiger partial charge in [0, 0.05) is 18.7 Å². The van der Waals surface area contributed by atoms with Gasteiger partial charge in [0.2, 0.25) is 15.2 Å². The molecule has 152 valence electrons. The minimum absolute atomic E-state index is 0.0213. The van der Waals surface area contributed by atoms with Gasteiger partial charge in [-0.25, -0.2) is 8.42 Å². The predicted molar refractivity (Wildman–Crippen MR) is 107 cm³/mol. The van der Waals surface area contributed by atoms with Crippen molar-refractivity contribution in [3.63, 3.8) is 0 Å². The van der Waals surface area contributed by atoms with E-state index in [0.29, 0.717) is 23.8 Å². The van der Waals surface area contributed by atoms with Crippen LogP contribution in [-0.4, -0.2) is 60.5 Å². The Balaban J connectivity index is 1.72. The van der Waals surface area contributed by atoms with Crippen LogP contribution in [-0.2, 0) is 21.2 Å². The SMILES string of the molecule is CCc1nnc(NCC(=O)c2cccc(S(=O)(=O)N3CC(C)OC(C)C3)c2)s1. The first-order chi connectivity index (χ1) is 13.3. The Morgan fingerprint density at radius 2 is 2.00 bits per heavy atom. The molecule has 0 saturated carbocycles. The lowest BCUT2D eigenvalue weighted by molar-refractivity contribution is -0.0440. The van der Waals surface area contributed by atoms with Crippen molar-refractivity contribution in [2.45, 2.75) is 44.3 Å². The Bertz CT molecular complexity index is 935. The lowest BCUT2D eigenvalue weighted by atomic mass is 10.1. The minimum Gasteiger partial charge on any atom is -0.373 e. The van der Waals surface area contributed by atoms with Crippen molar-refractivity contribution in [2.75, 3.05) is 25.0 Å². The number of nitrogens with one attached hydrogen (secondary N) is 1. The molecule has 1 aromatic carbocycles. The number of anilines is 1. The molecule has 1 saturated heterocycles. The molecule has 8 nitrogen and oxygen atoms in total. The Kier molecular flexibility index (Phi) is 6.43. The van der Waals surface area contributed by atoms with E-state index < -0.39 is 10.0 Å². The van der Waals surface area contributed by atoms with Crippen molar-refractivity contribution < 1.29 is 17.9 Å². The topological polar surface area (TPSA) is 101 Å². The van der Waals surface area contributed by atoms with Crippen molar-refractivity contribution in [1.29, 1.82) is 0 Å². The van der Waals surface area contributed by atoms with Crippen LogP contribution in [0.2, 0.25) is 0 Å². The summed E-state index contributed by atoms with van der Waals surface area (Å²) in [4.78, 5) is 12.6. The van der Waals surface area contributed by atoms with Crippen LogP contribution >= 0.6 is 11.3 Å². The molecule has 0 aliphatic carbocycles. The van der Waals surface area contributed by atoms with Crippen LogP contribution in [0.3, 0.4) is 0 Å². The van der Waals surface area contributed by atoms with E-state index in [1.807, 2.05) is 20.8 Å². The molecule has 2 unspecified atom stereocenters. The molecule has 28 heavy (non-hydrogen) atoms. The summed E-state index contributed by atoms with van der Waals surface area (Å²) >= 11 is 1.40. The monoisotopic (exact) mass is 424 g/mol. The number of Topliss-reactive ketones (excluding diaryl/α,β-unsaturated/α-hetero) is 1. The third-order valence-corrected chi connectivity index (χ3v) is 7.20. The fraction of sp³-hybridized carbons (Fsp3) is 0.500. The highest BCUT2D eigenvalue weighted by molar-refractivity contribution is 7.89. The minimum atomic E-state index is -3.69. The summed E-state index contributed by atoms with van der Waals surface area (Å²) < 4.78 is 33.0. The smallest absolute Gasteiger partial charge is 0.243 e. The fourth-order valence-electron chi connectivity index (χ4n) is 3.03. The van der Waals surface area contributed by atoms with Crippen LogP contribution in [0.25, 0.3) is 0 Å². The number of ether oxygens (including phenoxy) is 1. The number of benzene rings is 1. The van der Waals surface area contributed by atoms with E-state index in [-0.39, 0.29) is 29.4 Å². The Morgan fingerprint density at radius 3 is 2.64 bits per heavy atom. The summed E-state index contributed by atoms with van der Waals surface area (Å²) in [5, 5.41) is 12.4. The van der Waals surface area contributed by atoms with E-state index in [0.717, 1.165) is 11.4 Å². The summed E-state index contributed by atoms with van der Waals surface area (Å²) in [6.07, 6.45) is 0.436. The first kappa shape index (κ1) is 20.8. The number of ketones is 1. The van der Waals surface area contributed by atoms with E-state index in [1.54, 1.807) is 12.1 Å². The van der Waals surface area contributed by atoms with Crippen molar-refractivity contribution >= 4 is 32.3 Å². The standard InChI is InChI=1S/C18H24N4O4S2/c1-4-17-20-21-18(27-17)19-9-16(23)14-6-5-7-15(8-14)28(24,25)22-10-12(2)26-13(3)11-22/h5-8,12-13H,4,9-11H2,1-3H3,(H,19,21). The third-order valence-electron chi connectivity index (χ3n) is 4.35. The third kappa shape index (κ3) is 4.75. The molecule has 1 aliphatic heterocycles. The number of morpholine rings is 1. The number of rotatable bonds is 7. The van der Waals surface area contributed by atoms with Gasteiger partial charge in [0.05, 0.1) is 23.6 Å². The van der Waals surface area contributed by atoms with Gasteiger partial charge in [-0.05, 0) is 32.4 Å². The molecule has 3 rings (SSSR count). The van der Waals surface area contributed by atoms with Gasteiger partial charge < -0.3 is 10.1 Å². The van der Waals surface area contributed by atoms with Gasteiger partial charge in [-0.1, -0.05) is 30.4 Å². The zero-order chi connectivity index (χ0) is 20.3. The summed E-state index contributed by atoms with van der Waals surface area (Å²) in [7, 11) is -3.69. The number of aromatic nitrogens is 2. The highest BCUT2D eigenvalue weighted by atomic mass is 32.2. The average Bonchev–Trinajstić information content (AvgIpc) is 3.13. The molecule has 0 spiro atoms. The summed E-state index contributed by atoms with van der Waals surface area (Å²) in [5.74, 6) is -0.214. The normalized spacial score (nSPS) is 20.8. The highest BCUT2D eigenvalue weighted by Crippen LogP contribution is 2.22. The van der Waals surface area contributed by atoms with Crippen LogP contribution in [0.15, 0.2) is 29.2 Å². The molecule has 0 radical (unpaired) electrons. The molecule has 10 heteroatoms. The molecule has 2 heterocycles. The van der Waals surface area contributed by atoms with Crippen LogP contribution in [0.5, 0.6) is 0 Å². The van der Waals surface area contributed by atoms with Crippen LogP contribution in [0.4, 0.5) is 5.13 Å². The molecule has 2 atom stereocenters. The Hall–Kier alpha value is -1.88. The largest absolute Gasteiger partial charge is 0.373 e. The molecular formula is C18H24N4O4S2. The second kappa shape index (κ2) is 8.64. The predicted octanol–water partition coefficient (Wildman–Crippen LogP) is 2.19. The van der Waals surface area contributed by atoms with E-state index in [1.165, 1.54) is 27.8 Å². The maximum atomic E-state index is 13.0. The Labute approximate surface area is 169 Å². The van der Waals surface area contributed by atoms with Gasteiger partial charge in [0.25, 0.3) is 0 Å². The molecule has 1 aromatic heterocycles. The number of hydrogen-bond donors (Lipinski definition) is 1. The van der Waals surface area contributed by atoms with Crippen LogP contribution in [0, 0.1) is 0 Å². The number of aryl methyl sites for hydroxylation is 1. The van der Waals surface area contributed by atoms with Crippen molar-refractivity contribution in [2.24, 2.45) is 0 Å². The molecule has 1 fully saturated rings. The number of carbonyl (C=O) groups excluding carboxylic acids is 1. The zero-order valence-electron chi connectivity index (χ0n) is 16.1. The van der Waals surface area contributed by atoms with Gasteiger partial charge >= 0.3 is 0 Å². The first-order valence-electron chi connectivity index (χ1n) is 9.14. The van der Waals surface area contributed by atoms with Crippen molar-refractivity contribution in [1.82, 2.24) is 14.5 Å². The number of hydrogen-bond acceptors (Lipinski definition) is 8. The van der Waals surface area contributed by atoms with Gasteiger partial charge in [-0.3, -0.25) is 4.79 Å². The second-order valence-corrected chi connectivity index (χ2v) is 9.74. The van der Waals surface area contributed by atoms with E-state index in [9.17, 15) is 13.2 Å². The first-order valence-corrected chi connectivity index (χ1v) is 11.4. The van der Waals surface area contributed by atoms with Gasteiger partial charge in [-0.15, -0.1) is 10.2 Å². The number of nitrogens with zero attached hydrogens (tertiary/aromatic N) is 3. The maximum absolute atomic E-state index is 13.0. The van der Waals surface area contributed by atoms with E-state index in [2.05, 4.69) is 15.5 Å². The molecule has 1 aliphatic rings. The molecule has 1 N–H and O–H groups in total. The van der Waals surface area contributed by atoms with Gasteiger partial charge in [0.1, 0.15) is 5.01 Å². The fourth-order valence-corrected chi connectivity index (χ4v) is 5.34.